The number of hydrogen-bond donors (Lipinski definition) is 2. The smallest absolute Gasteiger partial charge is 0.175 e. The van der Waals surface area contributed by atoms with Gasteiger partial charge in [-0.15, -0.1) is 10.2 Å². The van der Waals surface area contributed by atoms with E-state index in [1.807, 2.05) is 20.2 Å². The second-order valence-electron chi connectivity index (χ2n) is 4.14. The lowest BCUT2D eigenvalue weighted by atomic mass is 9.98. The van der Waals surface area contributed by atoms with Crippen molar-refractivity contribution < 1.29 is 5.11 Å². The predicted molar refractivity (Wildman–Crippen MR) is 76.2 cm³/mol. The van der Waals surface area contributed by atoms with Crippen LogP contribution < -0.4 is 5.32 Å². The molecule has 1 aromatic rings. The number of thioether (sulfide) groups is 2. The summed E-state index contributed by atoms with van der Waals surface area (Å²) in [4.78, 5) is 0. The summed E-state index contributed by atoms with van der Waals surface area (Å²) < 4.78 is 2.00. The zero-order valence-electron chi connectivity index (χ0n) is 10.6. The van der Waals surface area contributed by atoms with E-state index in [-0.39, 0.29) is 12.1 Å². The van der Waals surface area contributed by atoms with Crippen LogP contribution in [0, 0.1) is 0 Å². The summed E-state index contributed by atoms with van der Waals surface area (Å²) >= 11 is 4.96. The van der Waals surface area contributed by atoms with Crippen molar-refractivity contribution in [1.29, 1.82) is 0 Å². The van der Waals surface area contributed by atoms with Crippen molar-refractivity contribution in [1.82, 2.24) is 15.5 Å². The summed E-state index contributed by atoms with van der Waals surface area (Å²) in [5.74, 6) is 0. The van der Waals surface area contributed by atoms with Gasteiger partial charge in [-0.25, -0.2) is 0 Å². The molecule has 1 heterocycles. The molecule has 0 bridgehead atoms. The summed E-state index contributed by atoms with van der Waals surface area (Å²) in [5.41, 5.74) is -0.223. The van der Waals surface area contributed by atoms with Gasteiger partial charge < -0.3 is 10.4 Å². The molecule has 2 unspecified atom stereocenters. The topological polar surface area (TPSA) is 58.0 Å². The molecule has 0 fully saturated rings. The second-order valence-corrected chi connectivity index (χ2v) is 7.86. The molecular formula is C10H19N3OS3. The number of nitrogens with one attached hydrogen (secondary N) is 1. The monoisotopic (exact) mass is 293 g/mol. The number of nitrogens with zero attached hydrogens (tertiary/aromatic N) is 2. The molecule has 4 nitrogen and oxygen atoms in total. The molecule has 0 saturated heterocycles. The highest BCUT2D eigenvalue weighted by molar-refractivity contribution is 8.03. The molecule has 0 aliphatic heterocycles. The number of aliphatic hydroxyl groups is 1. The summed E-state index contributed by atoms with van der Waals surface area (Å²) in [6.45, 7) is 4.31. The molecule has 0 spiro atoms. The Balaban J connectivity index is 2.51. The molecule has 0 amide bonds. The zero-order chi connectivity index (χ0) is 12.9. The van der Waals surface area contributed by atoms with Crippen LogP contribution in [-0.2, 0) is 0 Å². The van der Waals surface area contributed by atoms with Gasteiger partial charge in [-0.05, 0) is 26.6 Å². The van der Waals surface area contributed by atoms with E-state index in [1.54, 1.807) is 34.9 Å². The first-order valence-electron chi connectivity index (χ1n) is 5.37. The van der Waals surface area contributed by atoms with Crippen molar-refractivity contribution in [2.45, 2.75) is 39.7 Å². The number of likely N-dealkylation sites (N-methyl/N-ethyl adjacent to an activating group) is 1. The van der Waals surface area contributed by atoms with Crippen LogP contribution in [0.1, 0.15) is 20.3 Å². The highest BCUT2D eigenvalue weighted by Gasteiger charge is 2.24. The van der Waals surface area contributed by atoms with Crippen molar-refractivity contribution in [2.75, 3.05) is 19.9 Å². The molecule has 1 aromatic heterocycles. The number of aliphatic hydroxyl groups excluding tert-OH is 1. The summed E-state index contributed by atoms with van der Waals surface area (Å²) in [5, 5.41) is 21.1. The molecule has 1 rings (SSSR count). The van der Waals surface area contributed by atoms with E-state index >= 15 is 0 Å². The van der Waals surface area contributed by atoms with Crippen molar-refractivity contribution in [3.8, 4) is 0 Å². The summed E-state index contributed by atoms with van der Waals surface area (Å²) in [7, 11) is 1.88. The standard InChI is InChI=1S/C10H19N3OS3/c1-7(5-10(2,6-14)11-3)16-9-13-12-8(15-4)17-9/h7,11,14H,5-6H2,1-4H3. The maximum absolute atomic E-state index is 9.34. The minimum absolute atomic E-state index is 0.139. The zero-order valence-corrected chi connectivity index (χ0v) is 13.0. The Labute approximate surface area is 115 Å². The lowest BCUT2D eigenvalue weighted by Gasteiger charge is -2.29. The third-order valence-electron chi connectivity index (χ3n) is 2.56. The largest absolute Gasteiger partial charge is 0.394 e. The van der Waals surface area contributed by atoms with E-state index in [1.165, 1.54) is 0 Å². The maximum Gasteiger partial charge on any atom is 0.175 e. The summed E-state index contributed by atoms with van der Waals surface area (Å²) in [6, 6.07) is 0. The lowest BCUT2D eigenvalue weighted by molar-refractivity contribution is 0.174. The maximum atomic E-state index is 9.34. The molecule has 98 valence electrons. The Hall–Kier alpha value is 0.180. The molecule has 0 radical (unpaired) electrons. The number of rotatable bonds is 7. The minimum atomic E-state index is -0.223. The fourth-order valence-corrected chi connectivity index (χ4v) is 4.39. The lowest BCUT2D eigenvalue weighted by Crippen LogP contribution is -2.45. The van der Waals surface area contributed by atoms with Crippen LogP contribution in [0.2, 0.25) is 0 Å². The van der Waals surface area contributed by atoms with E-state index in [9.17, 15) is 5.11 Å². The number of hydrogen-bond acceptors (Lipinski definition) is 7. The van der Waals surface area contributed by atoms with Crippen molar-refractivity contribution in [2.24, 2.45) is 0 Å². The van der Waals surface area contributed by atoms with Crippen LogP contribution in [0.25, 0.3) is 0 Å². The first-order valence-corrected chi connectivity index (χ1v) is 8.29. The van der Waals surface area contributed by atoms with Crippen molar-refractivity contribution >= 4 is 34.9 Å². The van der Waals surface area contributed by atoms with Gasteiger partial charge >= 0.3 is 0 Å². The molecule has 0 aliphatic rings. The molecule has 0 saturated carbocycles. The van der Waals surface area contributed by atoms with Crippen molar-refractivity contribution in [3.63, 3.8) is 0 Å². The van der Waals surface area contributed by atoms with Gasteiger partial charge in [-0.1, -0.05) is 41.8 Å². The van der Waals surface area contributed by atoms with Crippen LogP contribution >= 0.6 is 34.9 Å². The van der Waals surface area contributed by atoms with Crippen LogP contribution in [0.5, 0.6) is 0 Å². The normalized spacial score (nSPS) is 16.8. The average Bonchev–Trinajstić information content (AvgIpc) is 2.76. The Morgan fingerprint density at radius 3 is 2.59 bits per heavy atom. The number of aromatic nitrogens is 2. The molecular weight excluding hydrogens is 274 g/mol. The predicted octanol–water partition coefficient (Wildman–Crippen LogP) is 2.10. The van der Waals surface area contributed by atoms with Gasteiger partial charge in [0.15, 0.2) is 8.68 Å². The van der Waals surface area contributed by atoms with Gasteiger partial charge in [0.2, 0.25) is 0 Å². The van der Waals surface area contributed by atoms with Gasteiger partial charge in [-0.2, -0.15) is 0 Å². The molecule has 0 aromatic carbocycles. The van der Waals surface area contributed by atoms with Crippen LogP contribution in [0.4, 0.5) is 0 Å². The Morgan fingerprint density at radius 1 is 1.47 bits per heavy atom. The fraction of sp³-hybridized carbons (Fsp3) is 0.800. The van der Waals surface area contributed by atoms with Gasteiger partial charge in [0.25, 0.3) is 0 Å². The second kappa shape index (κ2) is 6.94. The first kappa shape index (κ1) is 15.2. The Kier molecular flexibility index (Phi) is 6.22. The molecule has 2 N–H and O–H groups in total. The molecule has 7 heteroatoms. The van der Waals surface area contributed by atoms with Crippen LogP contribution in [-0.4, -0.2) is 46.0 Å². The van der Waals surface area contributed by atoms with Crippen LogP contribution in [0.3, 0.4) is 0 Å². The van der Waals surface area contributed by atoms with E-state index < -0.39 is 0 Å². The minimum Gasteiger partial charge on any atom is -0.394 e. The SMILES string of the molecule is CNC(C)(CO)CC(C)Sc1nnc(SC)s1. The van der Waals surface area contributed by atoms with Crippen molar-refractivity contribution in [3.05, 3.63) is 0 Å². The average molecular weight is 293 g/mol. The highest BCUT2D eigenvalue weighted by Crippen LogP contribution is 2.32. The molecule has 0 aliphatic carbocycles. The van der Waals surface area contributed by atoms with Gasteiger partial charge in [0.1, 0.15) is 0 Å². The van der Waals surface area contributed by atoms with Gasteiger partial charge in [0.05, 0.1) is 6.61 Å². The summed E-state index contributed by atoms with van der Waals surface area (Å²) in [6.07, 6.45) is 2.89. The first-order chi connectivity index (χ1) is 8.03. The van der Waals surface area contributed by atoms with Crippen LogP contribution in [0.15, 0.2) is 8.68 Å². The van der Waals surface area contributed by atoms with E-state index in [4.69, 9.17) is 0 Å². The van der Waals surface area contributed by atoms with E-state index in [0.717, 1.165) is 15.1 Å². The van der Waals surface area contributed by atoms with Gasteiger partial charge in [0, 0.05) is 10.8 Å². The molecule has 2 atom stereocenters. The Morgan fingerprint density at radius 2 is 2.12 bits per heavy atom. The van der Waals surface area contributed by atoms with E-state index in [2.05, 4.69) is 22.4 Å². The fourth-order valence-electron chi connectivity index (χ4n) is 1.42. The third kappa shape index (κ3) is 4.75. The third-order valence-corrected chi connectivity index (χ3v) is 5.64. The Bertz CT molecular complexity index is 341. The van der Waals surface area contributed by atoms with E-state index in [0.29, 0.717) is 5.25 Å². The quantitative estimate of drug-likeness (QED) is 0.751. The molecule has 17 heavy (non-hydrogen) atoms. The van der Waals surface area contributed by atoms with Gasteiger partial charge in [-0.3, -0.25) is 0 Å². The highest BCUT2D eigenvalue weighted by atomic mass is 32.2.